The van der Waals surface area contributed by atoms with E-state index in [2.05, 4.69) is 0 Å². The molecule has 7 heteroatoms. The van der Waals surface area contributed by atoms with Gasteiger partial charge in [-0.1, -0.05) is 36.4 Å². The Hall–Kier alpha value is -2.80. The van der Waals surface area contributed by atoms with E-state index < -0.39 is 5.97 Å². The van der Waals surface area contributed by atoms with Crippen LogP contribution in [0.3, 0.4) is 0 Å². The second-order valence-electron chi connectivity index (χ2n) is 6.89. The molecule has 29 heavy (non-hydrogen) atoms. The van der Waals surface area contributed by atoms with Crippen molar-refractivity contribution in [2.45, 2.75) is 24.8 Å². The molecule has 0 saturated carbocycles. The molecule has 1 heterocycles. The normalized spacial score (nSPS) is 13.0. The topological polar surface area (TPSA) is 66.9 Å². The Labute approximate surface area is 174 Å². The van der Waals surface area contributed by atoms with Crippen molar-refractivity contribution in [1.29, 1.82) is 0 Å². The molecule has 0 atom stereocenters. The maximum Gasteiger partial charge on any atom is 0.308 e. The minimum Gasteiger partial charge on any atom is -0.456 e. The molecule has 0 spiro atoms. The van der Waals surface area contributed by atoms with Crippen LogP contribution in [0, 0.1) is 6.92 Å². The summed E-state index contributed by atoms with van der Waals surface area (Å²) in [5.74, 6) is -0.437. The lowest BCUT2D eigenvalue weighted by Gasteiger charge is -2.28. The van der Waals surface area contributed by atoms with Crippen LogP contribution < -0.4 is 4.90 Å². The van der Waals surface area contributed by atoms with Crippen LogP contribution in [-0.4, -0.2) is 48.6 Å². The predicted octanol–water partition coefficient (Wildman–Crippen LogP) is 3.03. The largest absolute Gasteiger partial charge is 0.456 e. The van der Waals surface area contributed by atoms with E-state index in [-0.39, 0.29) is 31.4 Å². The zero-order valence-corrected chi connectivity index (χ0v) is 17.4. The van der Waals surface area contributed by atoms with E-state index in [4.69, 9.17) is 4.74 Å². The lowest BCUT2D eigenvalue weighted by Crippen LogP contribution is -2.37. The molecule has 2 aromatic carbocycles. The van der Waals surface area contributed by atoms with E-state index in [1.165, 1.54) is 16.7 Å². The summed E-state index contributed by atoms with van der Waals surface area (Å²) >= 11 is 1.50. The van der Waals surface area contributed by atoms with Gasteiger partial charge in [0.2, 0.25) is 5.91 Å². The number of likely N-dealkylation sites (N-methyl/N-ethyl adjacent to an activating group) is 1. The van der Waals surface area contributed by atoms with Gasteiger partial charge in [-0.05, 0) is 30.2 Å². The Morgan fingerprint density at radius 3 is 2.66 bits per heavy atom. The van der Waals surface area contributed by atoms with Crippen molar-refractivity contribution in [3.8, 4) is 0 Å². The highest BCUT2D eigenvalue weighted by Crippen LogP contribution is 2.34. The third-order valence-corrected chi connectivity index (χ3v) is 5.85. The number of para-hydroxylation sites is 1. The molecule has 152 valence electrons. The fourth-order valence-electron chi connectivity index (χ4n) is 3.06. The summed E-state index contributed by atoms with van der Waals surface area (Å²) in [6.07, 6.45) is 0.0412. The SMILES string of the molecule is Cc1ccccc1CN(C)C(=O)COC(=O)CCN1C(=O)CSc2ccccc21. The Bertz CT molecular complexity index is 915. The monoisotopic (exact) mass is 412 g/mol. The minimum atomic E-state index is -0.494. The zero-order valence-electron chi connectivity index (χ0n) is 16.6. The van der Waals surface area contributed by atoms with Gasteiger partial charge in [0.1, 0.15) is 0 Å². The van der Waals surface area contributed by atoms with Crippen molar-refractivity contribution in [1.82, 2.24) is 4.90 Å². The summed E-state index contributed by atoms with van der Waals surface area (Å²) in [6, 6.07) is 15.5. The third kappa shape index (κ3) is 5.38. The molecule has 1 aliphatic heterocycles. The molecule has 1 aliphatic rings. The highest BCUT2D eigenvalue weighted by atomic mass is 32.2. The number of aryl methyl sites for hydroxylation is 1. The van der Waals surface area contributed by atoms with Gasteiger partial charge < -0.3 is 14.5 Å². The number of ether oxygens (including phenoxy) is 1. The molecule has 2 amide bonds. The molecule has 0 unspecified atom stereocenters. The number of amides is 2. The Kier molecular flexibility index (Phi) is 6.93. The maximum absolute atomic E-state index is 12.3. The highest BCUT2D eigenvalue weighted by Gasteiger charge is 2.25. The number of carbonyl (C=O) groups excluding carboxylic acids is 3. The molecule has 0 N–H and O–H groups in total. The molecule has 0 bridgehead atoms. The van der Waals surface area contributed by atoms with E-state index in [1.807, 2.05) is 55.5 Å². The molecular formula is C22H24N2O4S. The average Bonchev–Trinajstić information content (AvgIpc) is 2.72. The molecule has 0 saturated heterocycles. The number of hydrogen-bond donors (Lipinski definition) is 0. The first-order valence-corrected chi connectivity index (χ1v) is 10.4. The van der Waals surface area contributed by atoms with E-state index in [1.54, 1.807) is 11.9 Å². The quantitative estimate of drug-likeness (QED) is 0.654. The summed E-state index contributed by atoms with van der Waals surface area (Å²) < 4.78 is 5.13. The van der Waals surface area contributed by atoms with Crippen LogP contribution in [0.5, 0.6) is 0 Å². The maximum atomic E-state index is 12.3. The van der Waals surface area contributed by atoms with Crippen molar-refractivity contribution in [3.63, 3.8) is 0 Å². The van der Waals surface area contributed by atoms with Gasteiger partial charge in [0.05, 0.1) is 17.9 Å². The lowest BCUT2D eigenvalue weighted by atomic mass is 10.1. The third-order valence-electron chi connectivity index (χ3n) is 4.80. The second kappa shape index (κ2) is 9.60. The zero-order chi connectivity index (χ0) is 20.8. The number of carbonyl (C=O) groups is 3. The predicted molar refractivity (Wildman–Crippen MR) is 113 cm³/mol. The summed E-state index contributed by atoms with van der Waals surface area (Å²) in [5.41, 5.74) is 2.97. The van der Waals surface area contributed by atoms with Crippen LogP contribution in [0.2, 0.25) is 0 Å². The number of anilines is 1. The first-order chi connectivity index (χ1) is 14.0. The second-order valence-corrected chi connectivity index (χ2v) is 7.91. The Balaban J connectivity index is 1.47. The smallest absolute Gasteiger partial charge is 0.308 e. The minimum absolute atomic E-state index is 0.0319. The van der Waals surface area contributed by atoms with E-state index in [9.17, 15) is 14.4 Å². The van der Waals surface area contributed by atoms with Gasteiger partial charge in [0.25, 0.3) is 5.91 Å². The van der Waals surface area contributed by atoms with Gasteiger partial charge >= 0.3 is 5.97 Å². The van der Waals surface area contributed by atoms with Gasteiger partial charge in [-0.15, -0.1) is 11.8 Å². The summed E-state index contributed by atoms with van der Waals surface area (Å²) in [7, 11) is 1.68. The molecule has 0 aromatic heterocycles. The first-order valence-electron chi connectivity index (χ1n) is 9.42. The van der Waals surface area contributed by atoms with Gasteiger partial charge in [-0.3, -0.25) is 14.4 Å². The van der Waals surface area contributed by atoms with Crippen molar-refractivity contribution in [2.75, 3.05) is 30.9 Å². The number of benzene rings is 2. The fraction of sp³-hybridized carbons (Fsp3) is 0.318. The van der Waals surface area contributed by atoms with Gasteiger partial charge in [0.15, 0.2) is 6.61 Å². The highest BCUT2D eigenvalue weighted by molar-refractivity contribution is 8.00. The molecule has 6 nitrogen and oxygen atoms in total. The first kappa shape index (κ1) is 20.9. The van der Waals surface area contributed by atoms with Crippen LogP contribution in [-0.2, 0) is 25.7 Å². The standard InChI is InChI=1S/C22H24N2O4S/c1-16-7-3-4-8-17(16)13-23(2)20(25)14-28-22(27)11-12-24-18-9-5-6-10-19(18)29-15-21(24)26/h3-10H,11-15H2,1-2H3. The average molecular weight is 413 g/mol. The fourth-order valence-corrected chi connectivity index (χ4v) is 3.99. The number of rotatable bonds is 7. The molecular weight excluding hydrogens is 388 g/mol. The van der Waals surface area contributed by atoms with E-state index in [0.29, 0.717) is 12.3 Å². The number of thioether (sulfide) groups is 1. The van der Waals surface area contributed by atoms with Crippen LogP contribution in [0.15, 0.2) is 53.4 Å². The van der Waals surface area contributed by atoms with Crippen molar-refractivity contribution in [3.05, 3.63) is 59.7 Å². The number of fused-ring (bicyclic) bond motifs is 1. The summed E-state index contributed by atoms with van der Waals surface area (Å²) in [6.45, 7) is 2.39. The van der Waals surface area contributed by atoms with Crippen LogP contribution in [0.4, 0.5) is 5.69 Å². The van der Waals surface area contributed by atoms with Gasteiger partial charge in [-0.2, -0.15) is 0 Å². The molecule has 0 fully saturated rings. The van der Waals surface area contributed by atoms with Crippen LogP contribution in [0.1, 0.15) is 17.5 Å². The van der Waals surface area contributed by atoms with Crippen LogP contribution in [0.25, 0.3) is 0 Å². The van der Waals surface area contributed by atoms with E-state index >= 15 is 0 Å². The Morgan fingerprint density at radius 2 is 1.86 bits per heavy atom. The van der Waals surface area contributed by atoms with Crippen LogP contribution >= 0.6 is 11.8 Å². The van der Waals surface area contributed by atoms with Crippen molar-refractivity contribution in [2.24, 2.45) is 0 Å². The summed E-state index contributed by atoms with van der Waals surface area (Å²) in [5, 5.41) is 0. The van der Waals surface area contributed by atoms with Gasteiger partial charge in [-0.25, -0.2) is 0 Å². The molecule has 0 aliphatic carbocycles. The summed E-state index contributed by atoms with van der Waals surface area (Å²) in [4.78, 5) is 40.8. The van der Waals surface area contributed by atoms with Crippen molar-refractivity contribution >= 4 is 35.2 Å². The lowest BCUT2D eigenvalue weighted by molar-refractivity contribution is -0.151. The Morgan fingerprint density at radius 1 is 1.14 bits per heavy atom. The van der Waals surface area contributed by atoms with Gasteiger partial charge in [0, 0.05) is 25.0 Å². The molecule has 2 aromatic rings. The number of hydrogen-bond acceptors (Lipinski definition) is 5. The number of esters is 1. The number of nitrogens with zero attached hydrogens (tertiary/aromatic N) is 2. The molecule has 3 rings (SSSR count). The van der Waals surface area contributed by atoms with Crippen molar-refractivity contribution < 1.29 is 19.1 Å². The van der Waals surface area contributed by atoms with E-state index in [0.717, 1.165) is 21.7 Å². The molecule has 0 radical (unpaired) electrons.